The molecule has 0 amide bonds. The molecule has 0 heterocycles. The van der Waals surface area contributed by atoms with Crippen molar-refractivity contribution >= 4 is 17.5 Å². The molecule has 15 heavy (non-hydrogen) atoms. The molecule has 0 aliphatic carbocycles. The van der Waals surface area contributed by atoms with Crippen molar-refractivity contribution in [1.82, 2.24) is 0 Å². The Kier molecular flexibility index (Phi) is 12.1. The summed E-state index contributed by atoms with van der Waals surface area (Å²) in [6, 6.07) is 0. The fraction of sp³-hybridized carbons (Fsp3) is 0.923. The van der Waals surface area contributed by atoms with E-state index in [4.69, 9.17) is 0 Å². The van der Waals surface area contributed by atoms with Crippen LogP contribution < -0.4 is 0 Å². The molecule has 90 valence electrons. The lowest BCUT2D eigenvalue weighted by molar-refractivity contribution is -0.116. The number of carbonyl (C=O) groups is 1. The Balaban J connectivity index is 3.01. The number of carbonyl (C=O) groups excluding carboxylic acids is 1. The van der Waals surface area contributed by atoms with Crippen molar-refractivity contribution in [3.8, 4) is 0 Å². The van der Waals surface area contributed by atoms with Crippen molar-refractivity contribution in [1.29, 1.82) is 0 Å². The van der Waals surface area contributed by atoms with Crippen molar-refractivity contribution in [2.45, 2.75) is 64.7 Å². The van der Waals surface area contributed by atoms with E-state index in [0.29, 0.717) is 11.5 Å². The molecular weight excluding hydrogens is 204 g/mol. The predicted molar refractivity (Wildman–Crippen MR) is 70.6 cm³/mol. The maximum absolute atomic E-state index is 11.2. The highest BCUT2D eigenvalue weighted by Crippen LogP contribution is 2.10. The number of Topliss-reactive ketones (excluding diaryl/α,β-unsaturated/α-hetero) is 1. The van der Waals surface area contributed by atoms with E-state index in [9.17, 15) is 4.79 Å². The molecule has 0 rings (SSSR count). The van der Waals surface area contributed by atoms with Crippen LogP contribution in [-0.4, -0.2) is 17.8 Å². The van der Waals surface area contributed by atoms with Crippen molar-refractivity contribution in [2.24, 2.45) is 0 Å². The first-order chi connectivity index (χ1) is 7.31. The van der Waals surface area contributed by atoms with Gasteiger partial charge in [0.05, 0.1) is 5.75 Å². The summed E-state index contributed by atoms with van der Waals surface area (Å²) in [5.74, 6) is 1.13. The summed E-state index contributed by atoms with van der Waals surface area (Å²) >= 11 is 1.64. The molecule has 0 aromatic carbocycles. The first-order valence-corrected chi connectivity index (χ1v) is 7.71. The number of hydrogen-bond acceptors (Lipinski definition) is 2. The second-order valence-corrected chi connectivity index (χ2v) is 5.06. The maximum Gasteiger partial charge on any atom is 0.142 e. The maximum atomic E-state index is 11.2. The third kappa shape index (κ3) is 11.9. The standard InChI is InChI=1S/C13H26OS/c1-3-4-5-6-7-8-9-10-11-13(14)12-15-2/h3-12H2,1-2H3. The van der Waals surface area contributed by atoms with E-state index < -0.39 is 0 Å². The van der Waals surface area contributed by atoms with Crippen LogP contribution in [0.3, 0.4) is 0 Å². The summed E-state index contributed by atoms with van der Waals surface area (Å²) in [7, 11) is 0. The highest BCUT2D eigenvalue weighted by atomic mass is 32.2. The molecule has 2 heteroatoms. The fourth-order valence-electron chi connectivity index (χ4n) is 1.69. The quantitative estimate of drug-likeness (QED) is 0.488. The monoisotopic (exact) mass is 230 g/mol. The third-order valence-electron chi connectivity index (χ3n) is 2.61. The summed E-state index contributed by atoms with van der Waals surface area (Å²) in [5.41, 5.74) is 0. The normalized spacial score (nSPS) is 10.5. The molecule has 0 aromatic rings. The molecule has 0 radical (unpaired) electrons. The molecule has 0 aromatic heterocycles. The van der Waals surface area contributed by atoms with Crippen LogP contribution >= 0.6 is 11.8 Å². The molecule has 0 unspecified atom stereocenters. The van der Waals surface area contributed by atoms with Crippen LogP contribution in [0.4, 0.5) is 0 Å². The number of thioether (sulfide) groups is 1. The van der Waals surface area contributed by atoms with Gasteiger partial charge in [0.25, 0.3) is 0 Å². The van der Waals surface area contributed by atoms with Gasteiger partial charge in [0.15, 0.2) is 0 Å². The Bertz CT molecular complexity index is 145. The lowest BCUT2D eigenvalue weighted by Gasteiger charge is -2.01. The molecule has 1 nitrogen and oxygen atoms in total. The average molecular weight is 230 g/mol. The van der Waals surface area contributed by atoms with Crippen LogP contribution in [0.1, 0.15) is 64.7 Å². The van der Waals surface area contributed by atoms with E-state index in [1.54, 1.807) is 11.8 Å². The number of unbranched alkanes of at least 4 members (excludes halogenated alkanes) is 7. The molecule has 0 bridgehead atoms. The van der Waals surface area contributed by atoms with Gasteiger partial charge in [-0.05, 0) is 12.7 Å². The summed E-state index contributed by atoms with van der Waals surface area (Å²) in [6.07, 6.45) is 13.3. The van der Waals surface area contributed by atoms with Gasteiger partial charge in [-0.2, -0.15) is 11.8 Å². The van der Waals surface area contributed by atoms with E-state index in [-0.39, 0.29) is 0 Å². The molecule has 0 atom stereocenters. The Morgan fingerprint density at radius 2 is 1.47 bits per heavy atom. The highest BCUT2D eigenvalue weighted by Gasteiger charge is 1.99. The largest absolute Gasteiger partial charge is 0.299 e. The highest BCUT2D eigenvalue weighted by molar-refractivity contribution is 7.99. The van der Waals surface area contributed by atoms with Crippen LogP contribution in [0.5, 0.6) is 0 Å². The van der Waals surface area contributed by atoms with Crippen molar-refractivity contribution in [3.05, 3.63) is 0 Å². The summed E-state index contributed by atoms with van der Waals surface area (Å²) in [5, 5.41) is 0. The third-order valence-corrected chi connectivity index (χ3v) is 3.23. The van der Waals surface area contributed by atoms with Gasteiger partial charge in [-0.15, -0.1) is 0 Å². The lowest BCUT2D eigenvalue weighted by atomic mass is 10.1. The Morgan fingerprint density at radius 1 is 0.933 bits per heavy atom. The fourth-order valence-corrected chi connectivity index (χ4v) is 2.16. The van der Waals surface area contributed by atoms with Gasteiger partial charge in [-0.3, -0.25) is 4.79 Å². The number of rotatable bonds is 11. The van der Waals surface area contributed by atoms with Gasteiger partial charge in [0.2, 0.25) is 0 Å². The van der Waals surface area contributed by atoms with Crippen LogP contribution in [0.25, 0.3) is 0 Å². The van der Waals surface area contributed by atoms with Gasteiger partial charge in [0.1, 0.15) is 5.78 Å². The zero-order chi connectivity index (χ0) is 11.4. The lowest BCUT2D eigenvalue weighted by Crippen LogP contribution is -2.00. The smallest absolute Gasteiger partial charge is 0.142 e. The second kappa shape index (κ2) is 12.1. The molecule has 0 fully saturated rings. The van der Waals surface area contributed by atoms with Crippen molar-refractivity contribution in [3.63, 3.8) is 0 Å². The van der Waals surface area contributed by atoms with Gasteiger partial charge in [-0.1, -0.05) is 51.9 Å². The molecule has 0 saturated carbocycles. The number of hydrogen-bond donors (Lipinski definition) is 0. The first kappa shape index (κ1) is 15.0. The number of ketones is 1. The van der Waals surface area contributed by atoms with E-state index in [1.807, 2.05) is 6.26 Å². The van der Waals surface area contributed by atoms with Crippen molar-refractivity contribution in [2.75, 3.05) is 12.0 Å². The topological polar surface area (TPSA) is 17.1 Å². The summed E-state index contributed by atoms with van der Waals surface area (Å²) in [4.78, 5) is 11.2. The zero-order valence-corrected chi connectivity index (χ0v) is 11.2. The zero-order valence-electron chi connectivity index (χ0n) is 10.4. The molecule has 0 aliphatic heterocycles. The Labute approximate surface area is 99.4 Å². The molecule has 0 spiro atoms. The van der Waals surface area contributed by atoms with Crippen LogP contribution in [-0.2, 0) is 4.79 Å². The molecule has 0 aliphatic rings. The predicted octanol–water partition coefficient (Wildman–Crippen LogP) is 4.45. The molecular formula is C13H26OS. The first-order valence-electron chi connectivity index (χ1n) is 6.32. The van der Waals surface area contributed by atoms with E-state index in [0.717, 1.165) is 12.8 Å². The molecule has 0 saturated heterocycles. The molecule has 0 N–H and O–H groups in total. The van der Waals surface area contributed by atoms with Gasteiger partial charge < -0.3 is 0 Å². The van der Waals surface area contributed by atoms with Gasteiger partial charge >= 0.3 is 0 Å². The Hall–Kier alpha value is 0.0200. The van der Waals surface area contributed by atoms with E-state index >= 15 is 0 Å². The summed E-state index contributed by atoms with van der Waals surface area (Å²) in [6.45, 7) is 2.25. The van der Waals surface area contributed by atoms with E-state index in [2.05, 4.69) is 6.92 Å². The minimum absolute atomic E-state index is 0.425. The minimum Gasteiger partial charge on any atom is -0.299 e. The second-order valence-electron chi connectivity index (χ2n) is 4.20. The van der Waals surface area contributed by atoms with Crippen LogP contribution in [0.15, 0.2) is 0 Å². The van der Waals surface area contributed by atoms with Gasteiger partial charge in [0, 0.05) is 6.42 Å². The van der Waals surface area contributed by atoms with Crippen LogP contribution in [0.2, 0.25) is 0 Å². The average Bonchev–Trinajstić information content (AvgIpc) is 2.22. The summed E-state index contributed by atoms with van der Waals surface area (Å²) < 4.78 is 0. The Morgan fingerprint density at radius 3 is 2.00 bits per heavy atom. The van der Waals surface area contributed by atoms with Crippen LogP contribution in [0, 0.1) is 0 Å². The SMILES string of the molecule is CCCCCCCCCCC(=O)CSC. The van der Waals surface area contributed by atoms with E-state index in [1.165, 1.54) is 44.9 Å². The minimum atomic E-state index is 0.425. The van der Waals surface area contributed by atoms with Gasteiger partial charge in [-0.25, -0.2) is 0 Å². The van der Waals surface area contributed by atoms with Crippen molar-refractivity contribution < 1.29 is 4.79 Å².